The van der Waals surface area contributed by atoms with Gasteiger partial charge in [-0.1, -0.05) is 18.2 Å². The summed E-state index contributed by atoms with van der Waals surface area (Å²) in [6.07, 6.45) is 0.680. The number of hydrogen-bond donors (Lipinski definition) is 2. The third-order valence-electron chi connectivity index (χ3n) is 4.01. The number of rotatable bonds is 9. The lowest BCUT2D eigenvalue weighted by Crippen LogP contribution is -2.30. The molecule has 146 valence electrons. The third-order valence-corrected chi connectivity index (χ3v) is 5.48. The van der Waals surface area contributed by atoms with Crippen LogP contribution < -0.4 is 14.9 Å². The van der Waals surface area contributed by atoms with Gasteiger partial charge in [-0.2, -0.15) is 0 Å². The first-order valence-corrected chi connectivity index (χ1v) is 10.4. The average Bonchev–Trinajstić information content (AvgIpc) is 2.65. The summed E-state index contributed by atoms with van der Waals surface area (Å²) in [5.74, 6) is -0.217. The molecule has 0 aromatic heterocycles. The molecule has 2 N–H and O–H groups in total. The summed E-state index contributed by atoms with van der Waals surface area (Å²) in [7, 11) is -1.61. The minimum Gasteiger partial charge on any atom is -0.375 e. The van der Waals surface area contributed by atoms with Crippen molar-refractivity contribution in [1.29, 1.82) is 0 Å². The largest absolute Gasteiger partial charge is 0.375 e. The van der Waals surface area contributed by atoms with Crippen LogP contribution in [0.3, 0.4) is 0 Å². The molecule has 0 saturated heterocycles. The van der Waals surface area contributed by atoms with Crippen LogP contribution in [0.15, 0.2) is 59.5 Å². The van der Waals surface area contributed by atoms with Crippen molar-refractivity contribution >= 4 is 21.6 Å². The number of sulfonamides is 1. The highest BCUT2D eigenvalue weighted by Gasteiger charge is 2.15. The normalized spacial score (nSPS) is 11.4. The molecule has 1 amide bonds. The van der Waals surface area contributed by atoms with Crippen molar-refractivity contribution in [1.82, 2.24) is 10.0 Å². The highest BCUT2D eigenvalue weighted by molar-refractivity contribution is 7.89. The zero-order valence-electron chi connectivity index (χ0n) is 16.0. The third kappa shape index (κ3) is 6.37. The zero-order valence-corrected chi connectivity index (χ0v) is 16.8. The second-order valence-electron chi connectivity index (χ2n) is 6.66. The minimum atomic E-state index is -3.59. The Kier molecular flexibility index (Phi) is 7.38. The average molecular weight is 390 g/mol. The van der Waals surface area contributed by atoms with Crippen LogP contribution in [0.1, 0.15) is 30.6 Å². The molecule has 0 aliphatic rings. The molecule has 0 fully saturated rings. The van der Waals surface area contributed by atoms with Gasteiger partial charge in [-0.3, -0.25) is 4.79 Å². The minimum absolute atomic E-state index is 0.0246. The second-order valence-corrected chi connectivity index (χ2v) is 8.43. The van der Waals surface area contributed by atoms with Gasteiger partial charge in [-0.25, -0.2) is 13.1 Å². The van der Waals surface area contributed by atoms with E-state index in [2.05, 4.69) is 14.9 Å². The fourth-order valence-electron chi connectivity index (χ4n) is 2.55. The number of amides is 1. The number of hydrogen-bond acceptors (Lipinski definition) is 4. The van der Waals surface area contributed by atoms with E-state index in [-0.39, 0.29) is 16.8 Å². The van der Waals surface area contributed by atoms with Gasteiger partial charge in [0.05, 0.1) is 4.90 Å². The zero-order chi connectivity index (χ0) is 19.9. The highest BCUT2D eigenvalue weighted by atomic mass is 32.2. The van der Waals surface area contributed by atoms with Gasteiger partial charge in [0, 0.05) is 37.4 Å². The van der Waals surface area contributed by atoms with Crippen LogP contribution in [0.25, 0.3) is 0 Å². The molecule has 2 aromatic carbocycles. The number of para-hydroxylation sites is 1. The Bertz CT molecular complexity index is 835. The Morgan fingerprint density at radius 1 is 1.04 bits per heavy atom. The van der Waals surface area contributed by atoms with E-state index in [0.29, 0.717) is 18.5 Å². The van der Waals surface area contributed by atoms with Crippen molar-refractivity contribution in [3.05, 3.63) is 60.2 Å². The first kappa shape index (κ1) is 20.9. The fourth-order valence-corrected chi connectivity index (χ4v) is 3.62. The Morgan fingerprint density at radius 2 is 1.67 bits per heavy atom. The van der Waals surface area contributed by atoms with Crippen LogP contribution in [-0.2, 0) is 10.0 Å². The van der Waals surface area contributed by atoms with Gasteiger partial charge >= 0.3 is 0 Å². The molecule has 0 bridgehead atoms. The topological polar surface area (TPSA) is 78.5 Å². The maximum atomic E-state index is 12.4. The van der Waals surface area contributed by atoms with Gasteiger partial charge in [-0.15, -0.1) is 0 Å². The van der Waals surface area contributed by atoms with Crippen molar-refractivity contribution in [2.45, 2.75) is 31.2 Å². The molecule has 0 aliphatic heterocycles. The van der Waals surface area contributed by atoms with Crippen molar-refractivity contribution in [2.24, 2.45) is 0 Å². The molecule has 0 heterocycles. The smallest absolute Gasteiger partial charge is 0.251 e. The lowest BCUT2D eigenvalue weighted by molar-refractivity contribution is 0.0943. The molecule has 2 rings (SSSR count). The molecule has 27 heavy (non-hydrogen) atoms. The number of benzene rings is 2. The van der Waals surface area contributed by atoms with Crippen molar-refractivity contribution in [2.75, 3.05) is 25.0 Å². The van der Waals surface area contributed by atoms with Gasteiger partial charge in [0.1, 0.15) is 0 Å². The van der Waals surface area contributed by atoms with Crippen molar-refractivity contribution in [3.8, 4) is 0 Å². The summed E-state index contributed by atoms with van der Waals surface area (Å²) in [6, 6.07) is 15.9. The van der Waals surface area contributed by atoms with Crippen LogP contribution in [-0.4, -0.2) is 40.5 Å². The van der Waals surface area contributed by atoms with Crippen LogP contribution in [0.2, 0.25) is 0 Å². The molecule has 0 spiro atoms. The molecule has 2 aromatic rings. The summed E-state index contributed by atoms with van der Waals surface area (Å²) in [6.45, 7) is 4.82. The maximum absolute atomic E-state index is 12.4. The van der Waals surface area contributed by atoms with Crippen molar-refractivity contribution < 1.29 is 13.2 Å². The Morgan fingerprint density at radius 3 is 2.26 bits per heavy atom. The first-order valence-electron chi connectivity index (χ1n) is 8.96. The Labute approximate surface area is 161 Å². The summed E-state index contributed by atoms with van der Waals surface area (Å²) in [5, 5.41) is 2.77. The molecule has 0 saturated carbocycles. The van der Waals surface area contributed by atoms with E-state index in [1.807, 2.05) is 51.2 Å². The number of anilines is 1. The SMILES string of the molecule is CC(C)NC(=O)c1ccc(S(=O)(=O)NCCCN(C)c2ccccc2)cc1. The van der Waals surface area contributed by atoms with Gasteiger partial charge < -0.3 is 10.2 Å². The lowest BCUT2D eigenvalue weighted by Gasteiger charge is -2.19. The predicted octanol–water partition coefficient (Wildman–Crippen LogP) is 2.63. The van der Waals surface area contributed by atoms with Crippen LogP contribution >= 0.6 is 0 Å². The number of carbonyl (C=O) groups excluding carboxylic acids is 1. The van der Waals surface area contributed by atoms with E-state index in [0.717, 1.165) is 12.2 Å². The van der Waals surface area contributed by atoms with E-state index in [1.165, 1.54) is 24.3 Å². The Hall–Kier alpha value is -2.38. The summed E-state index contributed by atoms with van der Waals surface area (Å²) in [4.78, 5) is 14.2. The highest BCUT2D eigenvalue weighted by Crippen LogP contribution is 2.12. The first-order chi connectivity index (χ1) is 12.8. The molecular formula is C20H27N3O3S. The molecule has 0 unspecified atom stereocenters. The van der Waals surface area contributed by atoms with Gasteiger partial charge in [0.2, 0.25) is 10.0 Å². The molecular weight excluding hydrogens is 362 g/mol. The summed E-state index contributed by atoms with van der Waals surface area (Å²) < 4.78 is 27.4. The van der Waals surface area contributed by atoms with E-state index in [4.69, 9.17) is 0 Å². The van der Waals surface area contributed by atoms with Crippen LogP contribution in [0.4, 0.5) is 5.69 Å². The molecule has 0 aliphatic carbocycles. The van der Waals surface area contributed by atoms with Crippen LogP contribution in [0, 0.1) is 0 Å². The monoisotopic (exact) mass is 389 g/mol. The van der Waals surface area contributed by atoms with E-state index in [9.17, 15) is 13.2 Å². The summed E-state index contributed by atoms with van der Waals surface area (Å²) in [5.41, 5.74) is 1.53. The molecule has 6 nitrogen and oxygen atoms in total. The van der Waals surface area contributed by atoms with Gasteiger partial charge in [0.15, 0.2) is 0 Å². The van der Waals surface area contributed by atoms with Crippen molar-refractivity contribution in [3.63, 3.8) is 0 Å². The standard InChI is InChI=1S/C20H27N3O3S/c1-16(2)22-20(24)17-10-12-19(13-11-17)27(25,26)21-14-7-15-23(3)18-8-5-4-6-9-18/h4-6,8-13,16,21H,7,14-15H2,1-3H3,(H,22,24). The molecule has 0 atom stereocenters. The molecule has 0 radical (unpaired) electrons. The Balaban J connectivity index is 1.86. The lowest BCUT2D eigenvalue weighted by atomic mass is 10.2. The van der Waals surface area contributed by atoms with Gasteiger partial charge in [-0.05, 0) is 56.7 Å². The number of nitrogens with zero attached hydrogens (tertiary/aromatic N) is 1. The number of carbonyl (C=O) groups is 1. The van der Waals surface area contributed by atoms with E-state index >= 15 is 0 Å². The predicted molar refractivity (Wildman–Crippen MR) is 109 cm³/mol. The molecule has 7 heteroatoms. The maximum Gasteiger partial charge on any atom is 0.251 e. The van der Waals surface area contributed by atoms with E-state index < -0.39 is 10.0 Å². The van der Waals surface area contributed by atoms with Gasteiger partial charge in [0.25, 0.3) is 5.91 Å². The fraction of sp³-hybridized carbons (Fsp3) is 0.350. The quantitative estimate of drug-likeness (QED) is 0.646. The van der Waals surface area contributed by atoms with Crippen LogP contribution in [0.5, 0.6) is 0 Å². The second kappa shape index (κ2) is 9.53. The summed E-state index contributed by atoms with van der Waals surface area (Å²) >= 11 is 0. The number of nitrogens with one attached hydrogen (secondary N) is 2. The van der Waals surface area contributed by atoms with E-state index in [1.54, 1.807) is 0 Å².